The number of pyridine rings is 2. The maximum atomic E-state index is 5.08. The molecule has 2 aromatic carbocycles. The molecule has 152 valence electrons. The zero-order valence-corrected chi connectivity index (χ0v) is 18.7. The molecule has 1 aliphatic rings. The van der Waals surface area contributed by atoms with Gasteiger partial charge in [0, 0.05) is 32.8 Å². The van der Waals surface area contributed by atoms with Crippen molar-refractivity contribution in [3.8, 4) is 22.5 Å². The molecular formula is C28H24N2S. The zero-order valence-electron chi connectivity index (χ0n) is 17.9. The Morgan fingerprint density at radius 2 is 1.68 bits per heavy atom. The molecule has 0 radical (unpaired) electrons. The fourth-order valence-electron chi connectivity index (χ4n) is 5.07. The number of rotatable bonds is 2. The van der Waals surface area contributed by atoms with E-state index in [0.29, 0.717) is 0 Å². The van der Waals surface area contributed by atoms with Crippen LogP contribution in [0.2, 0.25) is 0 Å². The second-order valence-electron chi connectivity index (χ2n) is 8.63. The van der Waals surface area contributed by atoms with Crippen molar-refractivity contribution in [2.24, 2.45) is 0 Å². The van der Waals surface area contributed by atoms with Gasteiger partial charge in [0.15, 0.2) is 0 Å². The third-order valence-corrected chi connectivity index (χ3v) is 7.70. The fourth-order valence-corrected chi connectivity index (χ4v) is 6.13. The molecule has 2 nitrogen and oxygen atoms in total. The number of hydrogen-bond acceptors (Lipinski definition) is 3. The molecule has 0 saturated carbocycles. The Balaban J connectivity index is 1.51. The monoisotopic (exact) mass is 420 g/mol. The lowest BCUT2D eigenvalue weighted by Gasteiger charge is -2.18. The molecule has 0 aliphatic heterocycles. The van der Waals surface area contributed by atoms with E-state index >= 15 is 0 Å². The molecule has 1 aliphatic carbocycles. The van der Waals surface area contributed by atoms with Crippen molar-refractivity contribution in [3.63, 3.8) is 0 Å². The Hall–Kier alpha value is -3.04. The normalized spacial score (nSPS) is 13.6. The molecule has 3 heteroatoms. The summed E-state index contributed by atoms with van der Waals surface area (Å²) in [5.74, 6) is 0. The predicted octanol–water partition coefficient (Wildman–Crippen LogP) is 7.67. The summed E-state index contributed by atoms with van der Waals surface area (Å²) >= 11 is 1.78. The minimum Gasteiger partial charge on any atom is -0.256 e. The first-order chi connectivity index (χ1) is 15.2. The fraction of sp³-hybridized carbons (Fsp3) is 0.214. The van der Waals surface area contributed by atoms with E-state index in [2.05, 4.69) is 68.4 Å². The molecule has 0 bridgehead atoms. The Morgan fingerprint density at radius 1 is 0.839 bits per heavy atom. The SMILES string of the molecule is Cc1cccc(C)c1-c1ccc2c(n1)sc1ccc(-c3nccc4c3CCCC4)cc12. The van der Waals surface area contributed by atoms with Crippen LogP contribution in [0.5, 0.6) is 0 Å². The summed E-state index contributed by atoms with van der Waals surface area (Å²) in [6.07, 6.45) is 6.86. The van der Waals surface area contributed by atoms with Crippen LogP contribution in [-0.2, 0) is 12.8 Å². The molecule has 0 saturated heterocycles. The van der Waals surface area contributed by atoms with Gasteiger partial charge in [-0.05, 0) is 92.1 Å². The molecule has 0 unspecified atom stereocenters. The lowest BCUT2D eigenvalue weighted by molar-refractivity contribution is 0.684. The van der Waals surface area contributed by atoms with Gasteiger partial charge in [-0.2, -0.15) is 0 Å². The van der Waals surface area contributed by atoms with Crippen LogP contribution in [-0.4, -0.2) is 9.97 Å². The number of benzene rings is 2. The Kier molecular flexibility index (Phi) is 4.39. The first-order valence-electron chi connectivity index (χ1n) is 11.1. The van der Waals surface area contributed by atoms with Crippen LogP contribution in [0.3, 0.4) is 0 Å². The van der Waals surface area contributed by atoms with Crippen LogP contribution < -0.4 is 0 Å². The van der Waals surface area contributed by atoms with Gasteiger partial charge < -0.3 is 0 Å². The summed E-state index contributed by atoms with van der Waals surface area (Å²) in [7, 11) is 0. The molecule has 6 rings (SSSR count). The van der Waals surface area contributed by atoms with Crippen molar-refractivity contribution in [1.29, 1.82) is 0 Å². The summed E-state index contributed by atoms with van der Waals surface area (Å²) in [6.45, 7) is 4.33. The number of nitrogens with zero attached hydrogens (tertiary/aromatic N) is 2. The maximum absolute atomic E-state index is 5.08. The van der Waals surface area contributed by atoms with E-state index in [-0.39, 0.29) is 0 Å². The summed E-state index contributed by atoms with van der Waals surface area (Å²) in [5, 5.41) is 2.52. The highest BCUT2D eigenvalue weighted by Gasteiger charge is 2.17. The van der Waals surface area contributed by atoms with Crippen LogP contribution in [0.4, 0.5) is 0 Å². The third-order valence-electron chi connectivity index (χ3n) is 6.62. The van der Waals surface area contributed by atoms with Gasteiger partial charge in [0.25, 0.3) is 0 Å². The smallest absolute Gasteiger partial charge is 0.125 e. The maximum Gasteiger partial charge on any atom is 0.125 e. The second-order valence-corrected chi connectivity index (χ2v) is 9.66. The van der Waals surface area contributed by atoms with Crippen LogP contribution in [0, 0.1) is 13.8 Å². The van der Waals surface area contributed by atoms with Gasteiger partial charge in [-0.25, -0.2) is 4.98 Å². The van der Waals surface area contributed by atoms with E-state index in [0.717, 1.165) is 16.9 Å². The van der Waals surface area contributed by atoms with Gasteiger partial charge >= 0.3 is 0 Å². The minimum absolute atomic E-state index is 1.06. The Morgan fingerprint density at radius 3 is 2.55 bits per heavy atom. The van der Waals surface area contributed by atoms with Crippen molar-refractivity contribution in [2.75, 3.05) is 0 Å². The molecule has 0 N–H and O–H groups in total. The first kappa shape index (κ1) is 18.7. The number of thiophene rings is 1. The molecule has 0 atom stereocenters. The van der Waals surface area contributed by atoms with Crippen molar-refractivity contribution < 1.29 is 0 Å². The van der Waals surface area contributed by atoms with Crippen LogP contribution >= 0.6 is 11.3 Å². The van der Waals surface area contributed by atoms with Gasteiger partial charge in [-0.15, -0.1) is 11.3 Å². The van der Waals surface area contributed by atoms with Gasteiger partial charge in [0.05, 0.1) is 11.4 Å². The van der Waals surface area contributed by atoms with E-state index in [1.54, 1.807) is 11.3 Å². The van der Waals surface area contributed by atoms with Crippen molar-refractivity contribution in [1.82, 2.24) is 9.97 Å². The molecule has 3 aromatic heterocycles. The highest BCUT2D eigenvalue weighted by Crippen LogP contribution is 2.38. The highest BCUT2D eigenvalue weighted by atomic mass is 32.1. The molecule has 0 fully saturated rings. The Bertz CT molecular complexity index is 1440. The number of fused-ring (bicyclic) bond motifs is 4. The molecular weight excluding hydrogens is 396 g/mol. The van der Waals surface area contributed by atoms with Crippen molar-refractivity contribution >= 4 is 31.6 Å². The topological polar surface area (TPSA) is 25.8 Å². The number of aromatic nitrogens is 2. The predicted molar refractivity (Wildman–Crippen MR) is 132 cm³/mol. The lowest BCUT2D eigenvalue weighted by Crippen LogP contribution is -2.05. The molecule has 31 heavy (non-hydrogen) atoms. The van der Waals surface area contributed by atoms with Gasteiger partial charge in [0.2, 0.25) is 0 Å². The largest absolute Gasteiger partial charge is 0.256 e. The van der Waals surface area contributed by atoms with E-state index in [9.17, 15) is 0 Å². The molecule has 3 heterocycles. The van der Waals surface area contributed by atoms with Crippen LogP contribution in [0.1, 0.15) is 35.1 Å². The van der Waals surface area contributed by atoms with Crippen LogP contribution in [0.15, 0.2) is 60.8 Å². The summed E-state index contributed by atoms with van der Waals surface area (Å²) in [4.78, 5) is 11.0. The third kappa shape index (κ3) is 3.07. The second kappa shape index (κ2) is 7.28. The average Bonchev–Trinajstić information content (AvgIpc) is 3.15. The van der Waals surface area contributed by atoms with Crippen molar-refractivity contribution in [2.45, 2.75) is 39.5 Å². The summed E-state index contributed by atoms with van der Waals surface area (Å²) in [6, 6.07) is 19.9. The van der Waals surface area contributed by atoms with Gasteiger partial charge in [-0.1, -0.05) is 24.3 Å². The van der Waals surface area contributed by atoms with Gasteiger partial charge in [0.1, 0.15) is 4.83 Å². The first-order valence-corrected chi connectivity index (χ1v) is 11.9. The highest BCUT2D eigenvalue weighted by molar-refractivity contribution is 7.25. The molecule has 5 aromatic rings. The quantitative estimate of drug-likeness (QED) is 0.293. The summed E-state index contributed by atoms with van der Waals surface area (Å²) < 4.78 is 1.29. The van der Waals surface area contributed by atoms with E-state index < -0.39 is 0 Å². The van der Waals surface area contributed by atoms with E-state index in [1.165, 1.54) is 73.8 Å². The minimum atomic E-state index is 1.06. The molecule has 0 spiro atoms. The lowest BCUT2D eigenvalue weighted by atomic mass is 9.89. The number of hydrogen-bond donors (Lipinski definition) is 0. The van der Waals surface area contributed by atoms with Crippen LogP contribution in [0.25, 0.3) is 42.8 Å². The summed E-state index contributed by atoms with van der Waals surface area (Å²) in [5.41, 5.74) is 10.2. The van der Waals surface area contributed by atoms with E-state index in [1.807, 2.05) is 6.20 Å². The average molecular weight is 421 g/mol. The van der Waals surface area contributed by atoms with E-state index in [4.69, 9.17) is 9.97 Å². The zero-order chi connectivity index (χ0) is 20.9. The van der Waals surface area contributed by atoms with Gasteiger partial charge in [-0.3, -0.25) is 4.98 Å². The Labute approximate surface area is 186 Å². The molecule has 0 amide bonds. The number of aryl methyl sites for hydroxylation is 3. The standard InChI is InChI=1S/C28H24N2S/c1-17-6-5-7-18(2)26(17)24-12-11-22-23-16-20(10-13-25(23)31-28(22)30-24)27-21-9-4-3-8-19(21)14-15-29-27/h5-7,10-16H,3-4,8-9H2,1-2H3. The van der Waals surface area contributed by atoms with Crippen molar-refractivity contribution in [3.05, 3.63) is 83.0 Å².